The van der Waals surface area contributed by atoms with Crippen LogP contribution in [0, 0.1) is 5.92 Å². The summed E-state index contributed by atoms with van der Waals surface area (Å²) in [6.45, 7) is 5.73. The van der Waals surface area contributed by atoms with Crippen molar-refractivity contribution < 1.29 is 19.1 Å². The van der Waals surface area contributed by atoms with Crippen LogP contribution in [0.2, 0.25) is 0 Å². The maximum atomic E-state index is 13.5. The van der Waals surface area contributed by atoms with E-state index in [1.807, 2.05) is 9.80 Å². The third-order valence-corrected chi connectivity index (χ3v) is 8.54. The molecule has 1 aromatic rings. The largest absolute Gasteiger partial charge is 0.465 e. The molecule has 1 aliphatic carbocycles. The SMILES string of the molecule is CCOC(=O)CSc1cnc(NC(=O)N(C2CCN(C(=O)N(C)C)CC2)[C@H]2CC[C@H](C)CC2)s1. The smallest absolute Gasteiger partial charge is 0.324 e. The van der Waals surface area contributed by atoms with Gasteiger partial charge in [-0.15, -0.1) is 11.8 Å². The number of likely N-dealkylation sites (tertiary alicyclic amines) is 1. The number of rotatable bonds is 7. The molecule has 0 atom stereocenters. The van der Waals surface area contributed by atoms with E-state index in [0.717, 1.165) is 42.7 Å². The molecule has 190 valence electrons. The molecule has 0 radical (unpaired) electrons. The first-order chi connectivity index (χ1) is 16.3. The number of nitrogens with zero attached hydrogens (tertiary/aromatic N) is 4. The number of thioether (sulfide) groups is 1. The van der Waals surface area contributed by atoms with Crippen molar-refractivity contribution in [2.75, 3.05) is 44.9 Å². The van der Waals surface area contributed by atoms with Crippen LogP contribution in [0.25, 0.3) is 0 Å². The van der Waals surface area contributed by atoms with Crippen molar-refractivity contribution in [3.8, 4) is 0 Å². The summed E-state index contributed by atoms with van der Waals surface area (Å²) in [5.41, 5.74) is 0. The molecular weight excluding hydrogens is 474 g/mol. The van der Waals surface area contributed by atoms with Crippen LogP contribution >= 0.6 is 23.1 Å². The van der Waals surface area contributed by atoms with Gasteiger partial charge in [0.2, 0.25) is 0 Å². The van der Waals surface area contributed by atoms with Gasteiger partial charge in [0.1, 0.15) is 0 Å². The monoisotopic (exact) mass is 511 g/mol. The van der Waals surface area contributed by atoms with Crippen molar-refractivity contribution in [3.63, 3.8) is 0 Å². The van der Waals surface area contributed by atoms with Gasteiger partial charge in [-0.25, -0.2) is 14.6 Å². The van der Waals surface area contributed by atoms with Crippen LogP contribution in [0.5, 0.6) is 0 Å². The van der Waals surface area contributed by atoms with E-state index in [1.54, 1.807) is 32.1 Å². The number of thiazole rings is 1. The second-order valence-electron chi connectivity index (χ2n) is 9.22. The van der Waals surface area contributed by atoms with E-state index in [4.69, 9.17) is 4.74 Å². The molecule has 11 heteroatoms. The minimum Gasteiger partial charge on any atom is -0.465 e. The lowest BCUT2D eigenvalue weighted by molar-refractivity contribution is -0.139. The van der Waals surface area contributed by atoms with Crippen molar-refractivity contribution in [2.45, 2.75) is 68.7 Å². The first kappa shape index (κ1) is 26.6. The summed E-state index contributed by atoms with van der Waals surface area (Å²) in [5, 5.41) is 3.54. The Bertz CT molecular complexity index is 833. The number of nitrogens with one attached hydrogen (secondary N) is 1. The van der Waals surface area contributed by atoms with Gasteiger partial charge in [-0.2, -0.15) is 0 Å². The Kier molecular flexibility index (Phi) is 9.87. The fourth-order valence-corrected chi connectivity index (χ4v) is 6.30. The average molecular weight is 512 g/mol. The van der Waals surface area contributed by atoms with Gasteiger partial charge in [-0.05, 0) is 51.4 Å². The first-order valence-electron chi connectivity index (χ1n) is 12.1. The molecule has 0 spiro atoms. The van der Waals surface area contributed by atoms with E-state index in [9.17, 15) is 14.4 Å². The number of carbonyl (C=O) groups excluding carboxylic acids is 3. The van der Waals surface area contributed by atoms with Gasteiger partial charge in [0.25, 0.3) is 0 Å². The number of esters is 1. The maximum Gasteiger partial charge on any atom is 0.324 e. The average Bonchev–Trinajstić information content (AvgIpc) is 3.26. The Morgan fingerprint density at radius 3 is 2.41 bits per heavy atom. The van der Waals surface area contributed by atoms with Gasteiger partial charge in [0.05, 0.1) is 22.8 Å². The summed E-state index contributed by atoms with van der Waals surface area (Å²) >= 11 is 2.73. The highest BCUT2D eigenvalue weighted by Crippen LogP contribution is 2.33. The minimum atomic E-state index is -0.261. The highest BCUT2D eigenvalue weighted by atomic mass is 32.2. The normalized spacial score (nSPS) is 21.1. The molecule has 1 N–H and O–H groups in total. The molecule has 0 bridgehead atoms. The molecule has 3 rings (SSSR count). The topological polar surface area (TPSA) is 95.1 Å². The Hall–Kier alpha value is -2.01. The molecule has 1 saturated heterocycles. The minimum absolute atomic E-state index is 0.0246. The van der Waals surface area contributed by atoms with Gasteiger partial charge in [0, 0.05) is 39.3 Å². The Labute approximate surface area is 210 Å². The van der Waals surface area contributed by atoms with Crippen LogP contribution in [0.15, 0.2) is 10.4 Å². The molecule has 1 aromatic heterocycles. The van der Waals surface area contributed by atoms with Crippen molar-refractivity contribution >= 4 is 46.3 Å². The maximum absolute atomic E-state index is 13.5. The lowest BCUT2D eigenvalue weighted by Gasteiger charge is -2.44. The molecule has 2 heterocycles. The van der Waals surface area contributed by atoms with Gasteiger partial charge in [0.15, 0.2) is 5.13 Å². The highest BCUT2D eigenvalue weighted by Gasteiger charge is 2.36. The van der Waals surface area contributed by atoms with Crippen molar-refractivity contribution in [3.05, 3.63) is 6.20 Å². The Balaban J connectivity index is 1.64. The van der Waals surface area contributed by atoms with Gasteiger partial charge in [-0.3, -0.25) is 10.1 Å². The fourth-order valence-electron chi connectivity index (χ4n) is 4.64. The number of hydrogen-bond acceptors (Lipinski definition) is 7. The zero-order chi connectivity index (χ0) is 24.7. The second-order valence-corrected chi connectivity index (χ2v) is 11.5. The first-order valence-corrected chi connectivity index (χ1v) is 13.9. The van der Waals surface area contributed by atoms with Crippen LogP contribution in [-0.2, 0) is 9.53 Å². The summed E-state index contributed by atoms with van der Waals surface area (Å²) in [4.78, 5) is 47.3. The number of anilines is 1. The number of aromatic nitrogens is 1. The van der Waals surface area contributed by atoms with Crippen LogP contribution in [0.4, 0.5) is 14.7 Å². The number of carbonyl (C=O) groups is 3. The quantitative estimate of drug-likeness (QED) is 0.432. The standard InChI is InChI=1S/C23H37N5O4S2/c1-5-32-19(29)15-33-20-14-24-21(34-20)25-22(30)28(17-8-6-16(2)7-9-17)18-10-12-27(13-11-18)23(31)26(3)4/h14,16-18H,5-13,15H2,1-4H3,(H,24,25,30)/t16-,17-. The molecule has 4 amide bonds. The van der Waals surface area contributed by atoms with Crippen LogP contribution in [0.1, 0.15) is 52.4 Å². The van der Waals surface area contributed by atoms with Gasteiger partial charge >= 0.3 is 18.0 Å². The third kappa shape index (κ3) is 7.24. The predicted octanol–water partition coefficient (Wildman–Crippen LogP) is 4.36. The Morgan fingerprint density at radius 2 is 1.79 bits per heavy atom. The number of amides is 4. The third-order valence-electron chi connectivity index (χ3n) is 6.46. The van der Waals surface area contributed by atoms with Crippen molar-refractivity contribution in [2.24, 2.45) is 5.92 Å². The highest BCUT2D eigenvalue weighted by molar-refractivity contribution is 8.01. The van der Waals surface area contributed by atoms with Gasteiger partial charge in [-0.1, -0.05) is 18.3 Å². The molecule has 34 heavy (non-hydrogen) atoms. The van der Waals surface area contributed by atoms with E-state index in [2.05, 4.69) is 17.2 Å². The number of urea groups is 2. The molecule has 1 aliphatic heterocycles. The van der Waals surface area contributed by atoms with Crippen molar-refractivity contribution in [1.82, 2.24) is 19.7 Å². The molecule has 0 aromatic carbocycles. The predicted molar refractivity (Wildman–Crippen MR) is 135 cm³/mol. The van der Waals surface area contributed by atoms with Crippen molar-refractivity contribution in [1.29, 1.82) is 0 Å². The number of ether oxygens (including phenoxy) is 1. The summed E-state index contributed by atoms with van der Waals surface area (Å²) < 4.78 is 5.82. The lowest BCUT2D eigenvalue weighted by Crippen LogP contribution is -2.55. The lowest BCUT2D eigenvalue weighted by atomic mass is 9.85. The number of piperidine rings is 1. The number of hydrogen-bond donors (Lipinski definition) is 1. The zero-order valence-corrected chi connectivity index (χ0v) is 22.3. The summed E-state index contributed by atoms with van der Waals surface area (Å²) in [5.74, 6) is 0.655. The van der Waals surface area contributed by atoms with Crippen LogP contribution < -0.4 is 5.32 Å². The molecule has 2 fully saturated rings. The molecule has 9 nitrogen and oxygen atoms in total. The van der Waals surface area contributed by atoms with E-state index in [0.29, 0.717) is 30.7 Å². The van der Waals surface area contributed by atoms with Crippen LogP contribution in [0.3, 0.4) is 0 Å². The molecule has 0 unspecified atom stereocenters. The summed E-state index contributed by atoms with van der Waals surface area (Å²) in [6, 6.07) is 0.210. The molecule has 2 aliphatic rings. The van der Waals surface area contributed by atoms with Gasteiger partial charge < -0.3 is 19.4 Å². The van der Waals surface area contributed by atoms with E-state index < -0.39 is 0 Å². The molecule has 1 saturated carbocycles. The van der Waals surface area contributed by atoms with E-state index in [1.165, 1.54) is 23.1 Å². The van der Waals surface area contributed by atoms with E-state index >= 15 is 0 Å². The fraction of sp³-hybridized carbons (Fsp3) is 0.739. The molecular formula is C23H37N5O4S2. The zero-order valence-electron chi connectivity index (χ0n) is 20.6. The van der Waals surface area contributed by atoms with E-state index in [-0.39, 0.29) is 35.9 Å². The van der Waals surface area contributed by atoms with Crippen LogP contribution in [-0.4, -0.2) is 89.3 Å². The Morgan fingerprint density at radius 1 is 1.15 bits per heavy atom. The summed E-state index contributed by atoms with van der Waals surface area (Å²) in [7, 11) is 3.54. The second kappa shape index (κ2) is 12.6. The summed E-state index contributed by atoms with van der Waals surface area (Å²) in [6.07, 6.45) is 7.49.